The van der Waals surface area contributed by atoms with Gasteiger partial charge in [-0.2, -0.15) is 0 Å². The molecule has 1 fully saturated rings. The summed E-state index contributed by atoms with van der Waals surface area (Å²) < 4.78 is 5.28. The molecule has 2 heterocycles. The summed E-state index contributed by atoms with van der Waals surface area (Å²) in [6.45, 7) is 2.74. The quantitative estimate of drug-likeness (QED) is 0.866. The molecule has 0 bridgehead atoms. The van der Waals surface area contributed by atoms with Gasteiger partial charge in [-0.25, -0.2) is 4.98 Å². The highest BCUT2D eigenvalue weighted by Crippen LogP contribution is 2.23. The summed E-state index contributed by atoms with van der Waals surface area (Å²) in [5.74, 6) is 0.647. The van der Waals surface area contributed by atoms with E-state index >= 15 is 0 Å². The lowest BCUT2D eigenvalue weighted by Gasteiger charge is -2.21. The number of amides is 1. The highest BCUT2D eigenvalue weighted by Gasteiger charge is 2.30. The van der Waals surface area contributed by atoms with Gasteiger partial charge in [-0.3, -0.25) is 4.79 Å². The molecule has 1 aromatic carbocycles. The molecule has 1 aromatic heterocycles. The number of aromatic nitrogens is 1. The minimum atomic E-state index is -0.0224. The van der Waals surface area contributed by atoms with Crippen LogP contribution >= 0.6 is 0 Å². The van der Waals surface area contributed by atoms with Crippen LogP contribution in [0.4, 0.5) is 0 Å². The Morgan fingerprint density at radius 1 is 1.41 bits per heavy atom. The molecular formula is C18H20N2O2. The van der Waals surface area contributed by atoms with E-state index in [2.05, 4.69) is 29.3 Å². The van der Waals surface area contributed by atoms with Gasteiger partial charge in [-0.05, 0) is 18.4 Å². The van der Waals surface area contributed by atoms with E-state index in [1.165, 1.54) is 6.39 Å². The van der Waals surface area contributed by atoms with Crippen molar-refractivity contribution in [1.82, 2.24) is 9.88 Å². The summed E-state index contributed by atoms with van der Waals surface area (Å²) in [7, 11) is 0. The fourth-order valence-corrected chi connectivity index (χ4v) is 2.86. The first-order valence-electron chi connectivity index (χ1n) is 7.76. The number of oxazole rings is 1. The first-order chi connectivity index (χ1) is 10.8. The molecular weight excluding hydrogens is 276 g/mol. The van der Waals surface area contributed by atoms with E-state index in [-0.39, 0.29) is 11.9 Å². The van der Waals surface area contributed by atoms with E-state index < -0.39 is 0 Å². The van der Waals surface area contributed by atoms with Crippen molar-refractivity contribution in [3.05, 3.63) is 59.8 Å². The molecule has 0 aliphatic carbocycles. The van der Waals surface area contributed by atoms with Crippen molar-refractivity contribution < 1.29 is 9.21 Å². The number of aryl methyl sites for hydroxylation is 1. The number of nitrogens with zero attached hydrogens (tertiary/aromatic N) is 2. The first kappa shape index (κ1) is 14.6. The van der Waals surface area contributed by atoms with E-state index in [9.17, 15) is 4.79 Å². The van der Waals surface area contributed by atoms with Gasteiger partial charge in [0.05, 0.1) is 6.04 Å². The zero-order valence-corrected chi connectivity index (χ0v) is 12.7. The maximum atomic E-state index is 12.7. The number of likely N-dealkylation sites (tertiary alicyclic amines) is 1. The molecule has 1 unspecified atom stereocenters. The smallest absolute Gasteiger partial charge is 0.276 e. The summed E-state index contributed by atoms with van der Waals surface area (Å²) in [6.07, 6.45) is 8.26. The lowest BCUT2D eigenvalue weighted by molar-refractivity contribution is 0.0754. The topological polar surface area (TPSA) is 46.3 Å². The van der Waals surface area contributed by atoms with Crippen molar-refractivity contribution >= 4 is 12.0 Å². The van der Waals surface area contributed by atoms with Crippen LogP contribution in [-0.4, -0.2) is 28.4 Å². The largest absolute Gasteiger partial charge is 0.448 e. The number of carbonyl (C=O) groups excluding carboxylic acids is 1. The lowest BCUT2D eigenvalue weighted by Crippen LogP contribution is -2.35. The molecule has 22 heavy (non-hydrogen) atoms. The molecule has 1 amide bonds. The molecule has 1 saturated heterocycles. The summed E-state index contributed by atoms with van der Waals surface area (Å²) in [5, 5.41) is 0. The van der Waals surface area contributed by atoms with Crippen LogP contribution in [0.25, 0.3) is 6.08 Å². The molecule has 4 heteroatoms. The summed E-state index contributed by atoms with van der Waals surface area (Å²) in [4.78, 5) is 18.7. The van der Waals surface area contributed by atoms with Crippen LogP contribution in [0.5, 0.6) is 0 Å². The van der Waals surface area contributed by atoms with Crippen molar-refractivity contribution in [2.45, 2.75) is 32.2 Å². The van der Waals surface area contributed by atoms with Crippen LogP contribution in [-0.2, 0) is 6.42 Å². The third kappa shape index (κ3) is 2.96. The van der Waals surface area contributed by atoms with Crippen molar-refractivity contribution in [3.8, 4) is 0 Å². The average Bonchev–Trinajstić information content (AvgIpc) is 3.22. The van der Waals surface area contributed by atoms with Gasteiger partial charge in [0.1, 0.15) is 5.76 Å². The second-order valence-corrected chi connectivity index (χ2v) is 5.46. The SMILES string of the molecule is CCc1ocnc1C(=O)N1CCCC1C=Cc1ccccc1. The zero-order valence-electron chi connectivity index (χ0n) is 12.7. The Morgan fingerprint density at radius 3 is 3.00 bits per heavy atom. The molecule has 0 spiro atoms. The second-order valence-electron chi connectivity index (χ2n) is 5.46. The van der Waals surface area contributed by atoms with Crippen LogP contribution in [0.1, 0.15) is 41.6 Å². The van der Waals surface area contributed by atoms with E-state index in [1.807, 2.05) is 30.0 Å². The maximum absolute atomic E-state index is 12.7. The Kier molecular flexibility index (Phi) is 4.37. The minimum Gasteiger partial charge on any atom is -0.448 e. The van der Waals surface area contributed by atoms with Crippen molar-refractivity contribution in [2.24, 2.45) is 0 Å². The standard InChI is InChI=1S/C18H20N2O2/c1-2-16-17(19-13-22-16)18(21)20-12-6-9-15(20)11-10-14-7-4-3-5-8-14/h3-5,7-8,10-11,13,15H,2,6,9,12H2,1H3. The lowest BCUT2D eigenvalue weighted by atomic mass is 10.1. The summed E-state index contributed by atoms with van der Waals surface area (Å²) >= 11 is 0. The molecule has 0 N–H and O–H groups in total. The van der Waals surface area contributed by atoms with Crippen molar-refractivity contribution in [2.75, 3.05) is 6.54 Å². The van der Waals surface area contributed by atoms with Crippen molar-refractivity contribution in [1.29, 1.82) is 0 Å². The summed E-state index contributed by atoms with van der Waals surface area (Å²) in [6, 6.07) is 10.3. The Morgan fingerprint density at radius 2 is 2.23 bits per heavy atom. The molecule has 1 aliphatic heterocycles. The minimum absolute atomic E-state index is 0.0224. The molecule has 4 nitrogen and oxygen atoms in total. The fourth-order valence-electron chi connectivity index (χ4n) is 2.86. The van der Waals surface area contributed by atoms with Crippen LogP contribution in [0, 0.1) is 0 Å². The van der Waals surface area contributed by atoms with Gasteiger partial charge < -0.3 is 9.32 Å². The Bertz CT molecular complexity index is 661. The summed E-state index contributed by atoms with van der Waals surface area (Å²) in [5.41, 5.74) is 1.61. The molecule has 0 saturated carbocycles. The first-order valence-corrected chi connectivity index (χ1v) is 7.76. The fraction of sp³-hybridized carbons (Fsp3) is 0.333. The van der Waals surface area contributed by atoms with Gasteiger partial charge in [-0.1, -0.05) is 49.4 Å². The number of benzene rings is 1. The van der Waals surface area contributed by atoms with Gasteiger partial charge in [-0.15, -0.1) is 0 Å². The van der Waals surface area contributed by atoms with E-state index in [0.29, 0.717) is 17.9 Å². The van der Waals surface area contributed by atoms with Gasteiger partial charge in [0.25, 0.3) is 5.91 Å². The van der Waals surface area contributed by atoms with Crippen LogP contribution in [0.2, 0.25) is 0 Å². The number of hydrogen-bond acceptors (Lipinski definition) is 3. The molecule has 1 atom stereocenters. The molecule has 1 aliphatic rings. The number of hydrogen-bond donors (Lipinski definition) is 0. The third-order valence-corrected chi connectivity index (χ3v) is 4.04. The Balaban J connectivity index is 1.76. The van der Waals surface area contributed by atoms with E-state index in [4.69, 9.17) is 4.42 Å². The Labute approximate surface area is 130 Å². The second kappa shape index (κ2) is 6.60. The molecule has 2 aromatic rings. The normalized spacial score (nSPS) is 18.2. The molecule has 3 rings (SSSR count). The average molecular weight is 296 g/mol. The van der Waals surface area contributed by atoms with Gasteiger partial charge in [0, 0.05) is 13.0 Å². The van der Waals surface area contributed by atoms with Crippen molar-refractivity contribution in [3.63, 3.8) is 0 Å². The maximum Gasteiger partial charge on any atom is 0.276 e. The highest BCUT2D eigenvalue weighted by molar-refractivity contribution is 5.93. The van der Waals surface area contributed by atoms with Crippen LogP contribution in [0.3, 0.4) is 0 Å². The van der Waals surface area contributed by atoms with E-state index in [1.54, 1.807) is 0 Å². The predicted molar refractivity (Wildman–Crippen MR) is 85.4 cm³/mol. The monoisotopic (exact) mass is 296 g/mol. The van der Waals surface area contributed by atoms with Gasteiger partial charge >= 0.3 is 0 Å². The van der Waals surface area contributed by atoms with Gasteiger partial charge in [0.2, 0.25) is 0 Å². The Hall–Kier alpha value is -2.36. The number of carbonyl (C=O) groups is 1. The van der Waals surface area contributed by atoms with Crippen LogP contribution in [0.15, 0.2) is 47.2 Å². The number of rotatable bonds is 4. The van der Waals surface area contributed by atoms with Gasteiger partial charge in [0.15, 0.2) is 12.1 Å². The zero-order chi connectivity index (χ0) is 15.4. The van der Waals surface area contributed by atoms with E-state index in [0.717, 1.165) is 24.9 Å². The third-order valence-electron chi connectivity index (χ3n) is 4.04. The highest BCUT2D eigenvalue weighted by atomic mass is 16.3. The van der Waals surface area contributed by atoms with Crippen LogP contribution < -0.4 is 0 Å². The predicted octanol–water partition coefficient (Wildman–Crippen LogP) is 3.56. The molecule has 0 radical (unpaired) electrons. The molecule has 114 valence electrons.